The monoisotopic (exact) mass is 377 g/mol. The number of hydrogen-bond acceptors (Lipinski definition) is 6. The SMILES string of the molecule is CCN1CCN(C(=O)NCC(O)(c2ccoc2)c2cccs2)C(=O)C1=O. The van der Waals surface area contributed by atoms with Gasteiger partial charge in [-0.25, -0.2) is 4.79 Å². The molecule has 1 aliphatic rings. The molecular weight excluding hydrogens is 358 g/mol. The molecule has 1 fully saturated rings. The van der Waals surface area contributed by atoms with E-state index in [2.05, 4.69) is 5.32 Å². The van der Waals surface area contributed by atoms with E-state index in [1.54, 1.807) is 25.1 Å². The molecule has 0 spiro atoms. The van der Waals surface area contributed by atoms with Gasteiger partial charge in [-0.3, -0.25) is 14.5 Å². The molecule has 1 saturated heterocycles. The van der Waals surface area contributed by atoms with Crippen molar-refractivity contribution in [3.8, 4) is 0 Å². The fraction of sp³-hybridized carbons (Fsp3) is 0.353. The number of furan rings is 1. The molecule has 26 heavy (non-hydrogen) atoms. The highest BCUT2D eigenvalue weighted by molar-refractivity contribution is 7.10. The van der Waals surface area contributed by atoms with Crippen molar-refractivity contribution in [2.45, 2.75) is 12.5 Å². The average Bonchev–Trinajstić information content (AvgIpc) is 3.35. The third-order valence-electron chi connectivity index (χ3n) is 4.36. The Morgan fingerprint density at radius 2 is 2.15 bits per heavy atom. The number of carbonyl (C=O) groups excluding carboxylic acids is 3. The van der Waals surface area contributed by atoms with Crippen molar-refractivity contribution in [2.24, 2.45) is 0 Å². The van der Waals surface area contributed by atoms with Crippen LogP contribution in [0.1, 0.15) is 17.4 Å². The Morgan fingerprint density at radius 3 is 2.77 bits per heavy atom. The topological polar surface area (TPSA) is 103 Å². The van der Waals surface area contributed by atoms with E-state index in [1.807, 2.05) is 5.38 Å². The van der Waals surface area contributed by atoms with Gasteiger partial charge < -0.3 is 19.7 Å². The lowest BCUT2D eigenvalue weighted by Gasteiger charge is -2.33. The van der Waals surface area contributed by atoms with Gasteiger partial charge in [0.25, 0.3) is 0 Å². The molecule has 2 aromatic rings. The van der Waals surface area contributed by atoms with Crippen LogP contribution < -0.4 is 5.32 Å². The minimum Gasteiger partial charge on any atom is -0.472 e. The van der Waals surface area contributed by atoms with Crippen LogP contribution >= 0.6 is 11.3 Å². The number of aliphatic hydroxyl groups is 1. The van der Waals surface area contributed by atoms with E-state index in [-0.39, 0.29) is 13.1 Å². The molecule has 1 aliphatic heterocycles. The first kappa shape index (κ1) is 18.2. The molecule has 4 amide bonds. The number of rotatable bonds is 5. The summed E-state index contributed by atoms with van der Waals surface area (Å²) >= 11 is 1.34. The smallest absolute Gasteiger partial charge is 0.324 e. The summed E-state index contributed by atoms with van der Waals surface area (Å²) in [6, 6.07) is 4.44. The van der Waals surface area contributed by atoms with Gasteiger partial charge in [-0.15, -0.1) is 11.3 Å². The summed E-state index contributed by atoms with van der Waals surface area (Å²) in [5.74, 6) is -1.56. The first-order valence-corrected chi connectivity index (χ1v) is 9.03. The van der Waals surface area contributed by atoms with Gasteiger partial charge in [-0.05, 0) is 24.4 Å². The molecule has 1 atom stereocenters. The highest BCUT2D eigenvalue weighted by Gasteiger charge is 2.38. The molecule has 0 radical (unpaired) electrons. The summed E-state index contributed by atoms with van der Waals surface area (Å²) in [6.07, 6.45) is 2.84. The van der Waals surface area contributed by atoms with Gasteiger partial charge in [-0.1, -0.05) is 6.07 Å². The van der Waals surface area contributed by atoms with E-state index >= 15 is 0 Å². The Morgan fingerprint density at radius 1 is 1.35 bits per heavy atom. The molecular formula is C17H19N3O5S. The van der Waals surface area contributed by atoms with E-state index in [4.69, 9.17) is 4.42 Å². The predicted molar refractivity (Wildman–Crippen MR) is 93.4 cm³/mol. The second kappa shape index (κ2) is 7.30. The quantitative estimate of drug-likeness (QED) is 0.756. The standard InChI is InChI=1S/C17H19N3O5S/c1-2-19-6-7-20(15(22)14(19)21)16(23)18-11-17(24,12-5-8-25-10-12)13-4-3-9-26-13/h3-5,8-10,24H,2,6-7,11H2,1H3,(H,18,23). The first-order valence-electron chi connectivity index (χ1n) is 8.15. The Kier molecular flexibility index (Phi) is 5.10. The second-order valence-corrected chi connectivity index (χ2v) is 6.80. The van der Waals surface area contributed by atoms with E-state index in [1.165, 1.54) is 28.8 Å². The molecule has 138 valence electrons. The van der Waals surface area contributed by atoms with Gasteiger partial charge in [0.05, 0.1) is 19.1 Å². The first-order chi connectivity index (χ1) is 12.5. The molecule has 3 heterocycles. The molecule has 8 nitrogen and oxygen atoms in total. The van der Waals surface area contributed by atoms with Crippen molar-refractivity contribution < 1.29 is 23.9 Å². The highest BCUT2D eigenvalue weighted by atomic mass is 32.1. The molecule has 0 aromatic carbocycles. The zero-order valence-electron chi connectivity index (χ0n) is 14.2. The van der Waals surface area contributed by atoms with Crippen LogP contribution in [0, 0.1) is 0 Å². The Hall–Kier alpha value is -2.65. The summed E-state index contributed by atoms with van der Waals surface area (Å²) in [5.41, 5.74) is -1.01. The number of nitrogens with one attached hydrogen (secondary N) is 1. The van der Waals surface area contributed by atoms with Gasteiger partial charge in [0.2, 0.25) is 0 Å². The van der Waals surface area contributed by atoms with Gasteiger partial charge in [0.15, 0.2) is 0 Å². The molecule has 2 aromatic heterocycles. The number of likely N-dealkylation sites (N-methyl/N-ethyl adjacent to an activating group) is 1. The zero-order valence-corrected chi connectivity index (χ0v) is 15.0. The Labute approximate surface area is 154 Å². The maximum Gasteiger partial charge on any atom is 0.324 e. The lowest BCUT2D eigenvalue weighted by Crippen LogP contribution is -2.59. The van der Waals surface area contributed by atoms with Crippen molar-refractivity contribution in [1.29, 1.82) is 0 Å². The van der Waals surface area contributed by atoms with Crippen LogP contribution in [-0.2, 0) is 15.2 Å². The summed E-state index contributed by atoms with van der Waals surface area (Å²) in [7, 11) is 0. The Bertz CT molecular complexity index is 753. The predicted octanol–water partition coefficient (Wildman–Crippen LogP) is 0.977. The normalized spacial score (nSPS) is 17.3. The number of hydrogen-bond donors (Lipinski definition) is 2. The van der Waals surface area contributed by atoms with E-state index in [0.717, 1.165) is 4.90 Å². The lowest BCUT2D eigenvalue weighted by molar-refractivity contribution is -0.153. The van der Waals surface area contributed by atoms with E-state index in [9.17, 15) is 19.5 Å². The third-order valence-corrected chi connectivity index (χ3v) is 5.38. The minimum absolute atomic E-state index is 0.118. The number of thiophene rings is 1. The highest BCUT2D eigenvalue weighted by Crippen LogP contribution is 2.32. The number of carbonyl (C=O) groups is 3. The fourth-order valence-electron chi connectivity index (χ4n) is 2.81. The van der Waals surface area contributed by atoms with Crippen molar-refractivity contribution in [1.82, 2.24) is 15.1 Å². The van der Waals surface area contributed by atoms with Crippen molar-refractivity contribution in [3.05, 3.63) is 46.5 Å². The number of piperazine rings is 1. The van der Waals surface area contributed by atoms with Crippen LogP contribution in [-0.4, -0.2) is 58.9 Å². The summed E-state index contributed by atoms with van der Waals surface area (Å²) < 4.78 is 5.05. The van der Waals surface area contributed by atoms with Gasteiger partial charge >= 0.3 is 17.8 Å². The van der Waals surface area contributed by atoms with Gasteiger partial charge in [0.1, 0.15) is 5.60 Å². The van der Waals surface area contributed by atoms with Gasteiger partial charge in [-0.2, -0.15) is 0 Å². The summed E-state index contributed by atoms with van der Waals surface area (Å²) in [5, 5.41) is 15.5. The van der Waals surface area contributed by atoms with Crippen LogP contribution in [0.3, 0.4) is 0 Å². The number of nitrogens with zero attached hydrogens (tertiary/aromatic N) is 2. The van der Waals surface area contributed by atoms with Crippen LogP contribution in [0.2, 0.25) is 0 Å². The summed E-state index contributed by atoms with van der Waals surface area (Å²) in [6.45, 7) is 2.44. The van der Waals surface area contributed by atoms with Crippen LogP contribution in [0.4, 0.5) is 4.79 Å². The van der Waals surface area contributed by atoms with E-state index < -0.39 is 23.4 Å². The zero-order chi connectivity index (χ0) is 18.7. The molecule has 0 bridgehead atoms. The minimum atomic E-state index is -1.49. The molecule has 9 heteroatoms. The third kappa shape index (κ3) is 3.23. The van der Waals surface area contributed by atoms with Crippen molar-refractivity contribution in [2.75, 3.05) is 26.2 Å². The van der Waals surface area contributed by atoms with Crippen LogP contribution in [0.15, 0.2) is 40.5 Å². The number of imide groups is 1. The number of amides is 4. The van der Waals surface area contributed by atoms with Gasteiger partial charge in [0, 0.05) is 30.1 Å². The molecule has 1 unspecified atom stereocenters. The Balaban J connectivity index is 1.73. The average molecular weight is 377 g/mol. The summed E-state index contributed by atoms with van der Waals surface area (Å²) in [4.78, 5) is 39.4. The van der Waals surface area contributed by atoms with Crippen molar-refractivity contribution in [3.63, 3.8) is 0 Å². The lowest BCUT2D eigenvalue weighted by atomic mass is 9.94. The molecule has 3 rings (SSSR count). The fourth-order valence-corrected chi connectivity index (χ4v) is 3.66. The molecule has 0 aliphatic carbocycles. The van der Waals surface area contributed by atoms with Crippen LogP contribution in [0.5, 0.6) is 0 Å². The molecule has 0 saturated carbocycles. The number of urea groups is 1. The maximum absolute atomic E-state index is 12.4. The second-order valence-electron chi connectivity index (χ2n) is 5.85. The largest absolute Gasteiger partial charge is 0.472 e. The molecule has 2 N–H and O–H groups in total. The van der Waals surface area contributed by atoms with Crippen molar-refractivity contribution >= 4 is 29.2 Å². The van der Waals surface area contributed by atoms with Crippen LogP contribution in [0.25, 0.3) is 0 Å². The van der Waals surface area contributed by atoms with E-state index in [0.29, 0.717) is 23.5 Å². The maximum atomic E-state index is 12.4.